The zero-order chi connectivity index (χ0) is 11.3. The van der Waals surface area contributed by atoms with Crippen LogP contribution in [0.15, 0.2) is 0 Å². The molecule has 88 valence electrons. The Labute approximate surface area is 91.6 Å². The second-order valence-electron chi connectivity index (χ2n) is 4.54. The van der Waals surface area contributed by atoms with E-state index in [1.54, 1.807) is 6.92 Å². The molecule has 0 aromatic heterocycles. The zero-order valence-electron chi connectivity index (χ0n) is 9.70. The van der Waals surface area contributed by atoms with Gasteiger partial charge in [-0.2, -0.15) is 0 Å². The second kappa shape index (κ2) is 6.08. The molecule has 0 bridgehead atoms. The topological polar surface area (TPSA) is 52.6 Å². The predicted octanol–water partition coefficient (Wildman–Crippen LogP) is 0.639. The van der Waals surface area contributed by atoms with Crippen LogP contribution in [0, 0.1) is 11.8 Å². The van der Waals surface area contributed by atoms with Crippen molar-refractivity contribution in [2.75, 3.05) is 33.2 Å². The van der Waals surface area contributed by atoms with E-state index < -0.39 is 5.97 Å². The summed E-state index contributed by atoms with van der Waals surface area (Å²) in [5.41, 5.74) is 0. The van der Waals surface area contributed by atoms with Crippen LogP contribution in [-0.4, -0.2) is 49.2 Å². The number of likely N-dealkylation sites (tertiary alicyclic amines) is 1. The van der Waals surface area contributed by atoms with Gasteiger partial charge in [-0.1, -0.05) is 6.92 Å². The molecule has 1 heterocycles. The van der Waals surface area contributed by atoms with Crippen molar-refractivity contribution in [2.24, 2.45) is 11.8 Å². The Morgan fingerprint density at radius 1 is 1.53 bits per heavy atom. The molecule has 1 unspecified atom stereocenters. The molecule has 0 saturated carbocycles. The van der Waals surface area contributed by atoms with Gasteiger partial charge in [0.2, 0.25) is 0 Å². The molecule has 1 aliphatic rings. The van der Waals surface area contributed by atoms with Gasteiger partial charge in [0, 0.05) is 6.54 Å². The number of carboxylic acids is 1. The van der Waals surface area contributed by atoms with Crippen LogP contribution in [0.1, 0.15) is 19.8 Å². The van der Waals surface area contributed by atoms with Crippen LogP contribution < -0.4 is 5.32 Å². The maximum atomic E-state index is 10.7. The predicted molar refractivity (Wildman–Crippen MR) is 59.9 cm³/mol. The molecule has 15 heavy (non-hydrogen) atoms. The van der Waals surface area contributed by atoms with Gasteiger partial charge in [0.15, 0.2) is 0 Å². The number of carbonyl (C=O) groups is 1. The first kappa shape index (κ1) is 12.5. The van der Waals surface area contributed by atoms with E-state index >= 15 is 0 Å². The van der Waals surface area contributed by atoms with Crippen LogP contribution >= 0.6 is 0 Å². The lowest BCUT2D eigenvalue weighted by atomic mass is 9.96. The van der Waals surface area contributed by atoms with E-state index in [1.165, 1.54) is 12.8 Å². The summed E-state index contributed by atoms with van der Waals surface area (Å²) in [6.07, 6.45) is 2.38. The molecule has 1 aliphatic heterocycles. The summed E-state index contributed by atoms with van der Waals surface area (Å²) in [5.74, 6) is -0.162. The maximum absolute atomic E-state index is 10.7. The van der Waals surface area contributed by atoms with Gasteiger partial charge in [-0.05, 0) is 45.4 Å². The largest absolute Gasteiger partial charge is 0.481 e. The van der Waals surface area contributed by atoms with Gasteiger partial charge in [-0.25, -0.2) is 0 Å². The van der Waals surface area contributed by atoms with E-state index in [0.29, 0.717) is 6.54 Å². The highest BCUT2D eigenvalue weighted by Crippen LogP contribution is 2.17. The van der Waals surface area contributed by atoms with Crippen LogP contribution in [-0.2, 0) is 4.79 Å². The Hall–Kier alpha value is -0.610. The normalized spacial score (nSPS) is 21.5. The first-order valence-corrected chi connectivity index (χ1v) is 5.73. The van der Waals surface area contributed by atoms with Crippen molar-refractivity contribution in [1.82, 2.24) is 10.2 Å². The van der Waals surface area contributed by atoms with E-state index in [0.717, 1.165) is 25.6 Å². The van der Waals surface area contributed by atoms with Crippen LogP contribution in [0.5, 0.6) is 0 Å². The molecular weight excluding hydrogens is 192 g/mol. The molecule has 0 spiro atoms. The third kappa shape index (κ3) is 4.18. The van der Waals surface area contributed by atoms with Crippen molar-refractivity contribution in [2.45, 2.75) is 19.8 Å². The molecule has 0 radical (unpaired) electrons. The fourth-order valence-corrected chi connectivity index (χ4v) is 2.13. The van der Waals surface area contributed by atoms with E-state index in [2.05, 4.69) is 10.2 Å². The highest BCUT2D eigenvalue weighted by atomic mass is 16.4. The number of hydrogen-bond donors (Lipinski definition) is 2. The molecule has 0 aromatic rings. The molecule has 1 fully saturated rings. The average molecular weight is 214 g/mol. The van der Waals surface area contributed by atoms with Gasteiger partial charge in [-0.3, -0.25) is 4.79 Å². The van der Waals surface area contributed by atoms with Crippen LogP contribution in [0.2, 0.25) is 0 Å². The van der Waals surface area contributed by atoms with E-state index in [1.807, 2.05) is 7.05 Å². The smallest absolute Gasteiger partial charge is 0.307 e. The first-order valence-electron chi connectivity index (χ1n) is 5.73. The highest BCUT2D eigenvalue weighted by molar-refractivity contribution is 5.69. The van der Waals surface area contributed by atoms with Gasteiger partial charge in [0.05, 0.1) is 5.92 Å². The number of rotatable bonds is 5. The zero-order valence-corrected chi connectivity index (χ0v) is 9.70. The van der Waals surface area contributed by atoms with Crippen molar-refractivity contribution in [1.29, 1.82) is 0 Å². The average Bonchev–Trinajstić information content (AvgIpc) is 2.21. The summed E-state index contributed by atoms with van der Waals surface area (Å²) in [4.78, 5) is 13.0. The summed E-state index contributed by atoms with van der Waals surface area (Å²) in [7, 11) is 1.98. The SMILES string of the molecule is CNCC1CCN(CC(C)C(=O)O)CC1. The van der Waals surface area contributed by atoms with Gasteiger partial charge >= 0.3 is 5.97 Å². The molecule has 4 heteroatoms. The van der Waals surface area contributed by atoms with Crippen molar-refractivity contribution in [3.05, 3.63) is 0 Å². The molecule has 1 atom stereocenters. The quantitative estimate of drug-likeness (QED) is 0.705. The Morgan fingerprint density at radius 3 is 2.60 bits per heavy atom. The summed E-state index contributed by atoms with van der Waals surface area (Å²) in [6, 6.07) is 0. The van der Waals surface area contributed by atoms with Crippen LogP contribution in [0.4, 0.5) is 0 Å². The molecule has 4 nitrogen and oxygen atoms in total. The standard InChI is InChI=1S/C11H22N2O2/c1-9(11(14)15)8-13-5-3-10(4-6-13)7-12-2/h9-10,12H,3-8H2,1-2H3,(H,14,15). The second-order valence-corrected chi connectivity index (χ2v) is 4.54. The number of piperidine rings is 1. The fraction of sp³-hybridized carbons (Fsp3) is 0.909. The van der Waals surface area contributed by atoms with Gasteiger partial charge in [0.1, 0.15) is 0 Å². The number of carboxylic acid groups (broad SMARTS) is 1. The van der Waals surface area contributed by atoms with Crippen LogP contribution in [0.3, 0.4) is 0 Å². The Kier molecular flexibility index (Phi) is 5.05. The minimum Gasteiger partial charge on any atom is -0.481 e. The van der Waals surface area contributed by atoms with Crippen molar-refractivity contribution >= 4 is 5.97 Å². The minimum atomic E-state index is -0.688. The number of hydrogen-bond acceptors (Lipinski definition) is 3. The van der Waals surface area contributed by atoms with E-state index in [4.69, 9.17) is 5.11 Å². The van der Waals surface area contributed by atoms with Crippen molar-refractivity contribution < 1.29 is 9.90 Å². The lowest BCUT2D eigenvalue weighted by molar-refractivity contribution is -0.141. The van der Waals surface area contributed by atoms with Gasteiger partial charge in [-0.15, -0.1) is 0 Å². The molecule has 2 N–H and O–H groups in total. The minimum absolute atomic E-state index is 0.245. The summed E-state index contributed by atoms with van der Waals surface area (Å²) in [5, 5.41) is 12.0. The molecule has 1 rings (SSSR count). The molecule has 0 amide bonds. The highest BCUT2D eigenvalue weighted by Gasteiger charge is 2.21. The Balaban J connectivity index is 2.22. The van der Waals surface area contributed by atoms with Crippen LogP contribution in [0.25, 0.3) is 0 Å². The maximum Gasteiger partial charge on any atom is 0.307 e. The third-order valence-corrected chi connectivity index (χ3v) is 3.15. The molecular formula is C11H22N2O2. The van der Waals surface area contributed by atoms with E-state index in [9.17, 15) is 4.79 Å². The molecule has 1 saturated heterocycles. The lowest BCUT2D eigenvalue weighted by Crippen LogP contribution is -2.40. The summed E-state index contributed by atoms with van der Waals surface area (Å²) >= 11 is 0. The number of aliphatic carboxylic acids is 1. The fourth-order valence-electron chi connectivity index (χ4n) is 2.13. The molecule has 0 aliphatic carbocycles. The first-order chi connectivity index (χ1) is 7.13. The van der Waals surface area contributed by atoms with Gasteiger partial charge in [0.25, 0.3) is 0 Å². The Morgan fingerprint density at radius 2 is 2.13 bits per heavy atom. The lowest BCUT2D eigenvalue weighted by Gasteiger charge is -2.32. The van der Waals surface area contributed by atoms with E-state index in [-0.39, 0.29) is 5.92 Å². The monoisotopic (exact) mass is 214 g/mol. The van der Waals surface area contributed by atoms with Crippen molar-refractivity contribution in [3.63, 3.8) is 0 Å². The number of nitrogens with zero attached hydrogens (tertiary/aromatic N) is 1. The summed E-state index contributed by atoms with van der Waals surface area (Å²) < 4.78 is 0. The summed E-state index contributed by atoms with van der Waals surface area (Å²) in [6.45, 7) is 5.65. The number of nitrogens with one attached hydrogen (secondary N) is 1. The third-order valence-electron chi connectivity index (χ3n) is 3.15. The van der Waals surface area contributed by atoms with Crippen molar-refractivity contribution in [3.8, 4) is 0 Å². The Bertz CT molecular complexity index is 201. The molecule has 0 aromatic carbocycles. The van der Waals surface area contributed by atoms with Gasteiger partial charge < -0.3 is 15.3 Å².